The lowest BCUT2D eigenvalue weighted by Crippen LogP contribution is -1.97. The number of hydrogen-bond acceptors (Lipinski definition) is 3. The SMILES string of the molecule is c1ccc(Nc2cccnc2-c2cccc(-n3c4ccccc4c4cc(-c5ccc6c7ccccc7n(-c7cccc(-c8cc(-c9ccccc9)cc(-c9ccccc9)n8)c7)c6c5)ccc43)c2)cc1. The highest BCUT2D eigenvalue weighted by atomic mass is 15.0. The molecule has 5 heteroatoms. The third kappa shape index (κ3) is 7.21. The highest BCUT2D eigenvalue weighted by Gasteiger charge is 2.18. The van der Waals surface area contributed by atoms with Crippen molar-refractivity contribution in [3.8, 4) is 67.4 Å². The van der Waals surface area contributed by atoms with E-state index in [-0.39, 0.29) is 0 Å². The van der Waals surface area contributed by atoms with Crippen molar-refractivity contribution in [2.75, 3.05) is 5.32 Å². The Balaban J connectivity index is 0.917. The molecular formula is C64H43N5. The van der Waals surface area contributed by atoms with Gasteiger partial charge in [0.15, 0.2) is 0 Å². The molecule has 0 unspecified atom stereocenters. The van der Waals surface area contributed by atoms with Crippen LogP contribution in [0.15, 0.2) is 255 Å². The zero-order valence-electron chi connectivity index (χ0n) is 37.5. The van der Waals surface area contributed by atoms with Gasteiger partial charge in [-0.1, -0.05) is 158 Å². The summed E-state index contributed by atoms with van der Waals surface area (Å²) in [5.74, 6) is 0. The van der Waals surface area contributed by atoms with Gasteiger partial charge in [-0.25, -0.2) is 4.98 Å². The third-order valence-electron chi connectivity index (χ3n) is 13.3. The molecule has 0 radical (unpaired) electrons. The van der Waals surface area contributed by atoms with Crippen LogP contribution in [0, 0.1) is 0 Å². The number of aromatic nitrogens is 4. The number of fused-ring (bicyclic) bond motifs is 6. The van der Waals surface area contributed by atoms with E-state index in [2.05, 4.69) is 239 Å². The van der Waals surface area contributed by atoms with Crippen LogP contribution in [0.5, 0.6) is 0 Å². The van der Waals surface area contributed by atoms with Crippen LogP contribution in [0.4, 0.5) is 11.4 Å². The quantitative estimate of drug-likeness (QED) is 0.157. The van der Waals surface area contributed by atoms with Crippen LogP contribution in [0.2, 0.25) is 0 Å². The first kappa shape index (κ1) is 40.0. The maximum Gasteiger partial charge on any atom is 0.0937 e. The fourth-order valence-corrected chi connectivity index (χ4v) is 10.1. The predicted molar refractivity (Wildman–Crippen MR) is 288 cm³/mol. The highest BCUT2D eigenvalue weighted by Crippen LogP contribution is 2.40. The molecular weight excluding hydrogens is 839 g/mol. The van der Waals surface area contributed by atoms with Crippen LogP contribution in [0.3, 0.4) is 0 Å². The van der Waals surface area contributed by atoms with E-state index in [0.29, 0.717) is 0 Å². The molecule has 0 aliphatic rings. The second kappa shape index (κ2) is 16.8. The standard InChI is InChI=1S/C64H43N5/c1-4-17-43(18-5-1)49-40-58(44-19-6-2-7-20-44)67-59(41-49)47-21-14-25-51(37-47)69-60-30-12-10-27-53(60)55-34-32-46(42-63(55)69)45-33-35-62-56(39-45)54-28-11-13-31-61(54)68(62)52-26-15-22-48(38-52)64-57(29-16-36-65-64)66-50-23-8-3-9-24-50/h1-42,66H. The molecule has 9 aromatic carbocycles. The Labute approximate surface area is 399 Å². The third-order valence-corrected chi connectivity index (χ3v) is 13.3. The van der Waals surface area contributed by atoms with Gasteiger partial charge in [-0.3, -0.25) is 4.98 Å². The van der Waals surface area contributed by atoms with Crippen LogP contribution in [-0.4, -0.2) is 19.1 Å². The van der Waals surface area contributed by atoms with Gasteiger partial charge >= 0.3 is 0 Å². The van der Waals surface area contributed by atoms with Gasteiger partial charge in [0, 0.05) is 61.5 Å². The molecule has 0 atom stereocenters. The molecule has 0 bridgehead atoms. The number of para-hydroxylation sites is 3. The van der Waals surface area contributed by atoms with Gasteiger partial charge in [-0.05, 0) is 113 Å². The van der Waals surface area contributed by atoms with Crippen molar-refractivity contribution >= 4 is 55.0 Å². The number of nitrogens with one attached hydrogen (secondary N) is 1. The van der Waals surface area contributed by atoms with Gasteiger partial charge < -0.3 is 14.5 Å². The van der Waals surface area contributed by atoms with E-state index in [1.165, 1.54) is 21.5 Å². The van der Waals surface area contributed by atoms with Crippen molar-refractivity contribution in [3.05, 3.63) is 255 Å². The monoisotopic (exact) mass is 881 g/mol. The van der Waals surface area contributed by atoms with Crippen molar-refractivity contribution in [1.82, 2.24) is 19.1 Å². The van der Waals surface area contributed by atoms with Crippen LogP contribution in [-0.2, 0) is 0 Å². The Hall–Kier alpha value is -9.32. The van der Waals surface area contributed by atoms with Crippen LogP contribution < -0.4 is 5.32 Å². The maximum absolute atomic E-state index is 5.29. The molecule has 0 saturated carbocycles. The molecule has 0 saturated heterocycles. The van der Waals surface area contributed by atoms with Crippen LogP contribution >= 0.6 is 0 Å². The molecule has 4 heterocycles. The molecule has 13 aromatic rings. The normalized spacial score (nSPS) is 11.5. The summed E-state index contributed by atoms with van der Waals surface area (Å²) in [6.07, 6.45) is 1.86. The first-order chi connectivity index (χ1) is 34.2. The summed E-state index contributed by atoms with van der Waals surface area (Å²) in [5, 5.41) is 8.42. The van der Waals surface area contributed by atoms with Crippen LogP contribution in [0.25, 0.3) is 111 Å². The second-order valence-electron chi connectivity index (χ2n) is 17.5. The summed E-state index contributed by atoms with van der Waals surface area (Å²) in [6, 6.07) is 88.6. The van der Waals surface area contributed by atoms with E-state index in [1.54, 1.807) is 0 Å². The van der Waals surface area contributed by atoms with Gasteiger partial charge in [-0.15, -0.1) is 0 Å². The zero-order valence-corrected chi connectivity index (χ0v) is 37.5. The van der Waals surface area contributed by atoms with Gasteiger partial charge in [0.25, 0.3) is 0 Å². The number of benzene rings is 9. The molecule has 0 fully saturated rings. The van der Waals surface area contributed by atoms with E-state index >= 15 is 0 Å². The van der Waals surface area contributed by atoms with Crippen LogP contribution in [0.1, 0.15) is 0 Å². The average molecular weight is 882 g/mol. The highest BCUT2D eigenvalue weighted by molar-refractivity contribution is 6.12. The number of rotatable bonds is 9. The molecule has 5 nitrogen and oxygen atoms in total. The van der Waals surface area contributed by atoms with Crippen molar-refractivity contribution in [2.24, 2.45) is 0 Å². The van der Waals surface area contributed by atoms with Crippen molar-refractivity contribution in [3.63, 3.8) is 0 Å². The van der Waals surface area contributed by atoms with Crippen molar-refractivity contribution in [1.29, 1.82) is 0 Å². The minimum Gasteiger partial charge on any atom is -0.354 e. The molecule has 0 amide bonds. The Kier molecular flexibility index (Phi) is 9.76. The smallest absolute Gasteiger partial charge is 0.0937 e. The van der Waals surface area contributed by atoms with Gasteiger partial charge in [-0.2, -0.15) is 0 Å². The Morgan fingerprint density at radius 1 is 0.304 bits per heavy atom. The van der Waals surface area contributed by atoms with Gasteiger partial charge in [0.2, 0.25) is 0 Å². The summed E-state index contributed by atoms with van der Waals surface area (Å²) in [6.45, 7) is 0. The Morgan fingerprint density at radius 2 is 0.841 bits per heavy atom. The largest absolute Gasteiger partial charge is 0.354 e. The van der Waals surface area contributed by atoms with Crippen molar-refractivity contribution in [2.45, 2.75) is 0 Å². The fraction of sp³-hybridized carbons (Fsp3) is 0. The van der Waals surface area contributed by atoms with E-state index in [4.69, 9.17) is 9.97 Å². The lowest BCUT2D eigenvalue weighted by Gasteiger charge is -2.14. The number of pyridine rings is 2. The summed E-state index contributed by atoms with van der Waals surface area (Å²) < 4.78 is 4.79. The van der Waals surface area contributed by atoms with Gasteiger partial charge in [0.1, 0.15) is 0 Å². The van der Waals surface area contributed by atoms with E-state index in [1.807, 2.05) is 30.5 Å². The molecule has 13 rings (SSSR count). The maximum atomic E-state index is 5.29. The van der Waals surface area contributed by atoms with Crippen molar-refractivity contribution < 1.29 is 0 Å². The molecule has 0 aliphatic carbocycles. The minimum atomic E-state index is 0.900. The average Bonchev–Trinajstić information content (AvgIpc) is 3.94. The Bertz CT molecular complexity index is 3980. The first-order valence-electron chi connectivity index (χ1n) is 23.4. The lowest BCUT2D eigenvalue weighted by atomic mass is 10.00. The summed E-state index contributed by atoms with van der Waals surface area (Å²) in [4.78, 5) is 10.2. The van der Waals surface area contributed by atoms with E-state index in [9.17, 15) is 0 Å². The second-order valence-corrected chi connectivity index (χ2v) is 17.5. The summed E-state index contributed by atoms with van der Waals surface area (Å²) in [5.41, 5.74) is 19.3. The van der Waals surface area contributed by atoms with E-state index < -0.39 is 0 Å². The number of hydrogen-bond donors (Lipinski definition) is 1. The molecule has 4 aromatic heterocycles. The van der Waals surface area contributed by atoms with E-state index in [0.717, 1.165) is 101 Å². The molecule has 324 valence electrons. The first-order valence-corrected chi connectivity index (χ1v) is 23.4. The molecule has 0 aliphatic heterocycles. The Morgan fingerprint density at radius 3 is 1.58 bits per heavy atom. The molecule has 0 spiro atoms. The summed E-state index contributed by atoms with van der Waals surface area (Å²) in [7, 11) is 0. The number of anilines is 2. The topological polar surface area (TPSA) is 47.7 Å². The summed E-state index contributed by atoms with van der Waals surface area (Å²) >= 11 is 0. The fourth-order valence-electron chi connectivity index (χ4n) is 10.1. The molecule has 1 N–H and O–H groups in total. The zero-order chi connectivity index (χ0) is 45.7. The molecule has 69 heavy (non-hydrogen) atoms. The number of nitrogens with zero attached hydrogens (tertiary/aromatic N) is 4. The minimum absolute atomic E-state index is 0.900. The lowest BCUT2D eigenvalue weighted by molar-refractivity contribution is 1.18. The predicted octanol–water partition coefficient (Wildman–Crippen LogP) is 16.7. The van der Waals surface area contributed by atoms with Gasteiger partial charge in [0.05, 0.1) is 44.8 Å².